The Balaban J connectivity index is 1.96. The molecule has 1 saturated heterocycles. The molecule has 0 radical (unpaired) electrons. The molecule has 188 valence electrons. The van der Waals surface area contributed by atoms with Crippen LogP contribution in [0.3, 0.4) is 0 Å². The van der Waals surface area contributed by atoms with Crippen LogP contribution in [-0.4, -0.2) is 48.8 Å². The second-order valence-corrected chi connectivity index (χ2v) is 7.25. The summed E-state index contributed by atoms with van der Waals surface area (Å²) < 4.78 is 91.2. The van der Waals surface area contributed by atoms with Crippen molar-refractivity contribution in [3.05, 3.63) is 59.2 Å². The van der Waals surface area contributed by atoms with Gasteiger partial charge in [0.2, 0.25) is 0 Å². The normalized spacial score (nSPS) is 18.3. The molecule has 8 nitrogen and oxygen atoms in total. The SMILES string of the molecule is COc1cccc(CN2C(=O)NC(NC(=O)c3cccc(C(F)(F)F)c3)(C(F)(F)F)C2=O)c1OC. The summed E-state index contributed by atoms with van der Waals surface area (Å²) in [7, 11) is 2.54. The number of nitrogens with zero attached hydrogens (tertiary/aromatic N) is 1. The zero-order valence-corrected chi connectivity index (χ0v) is 18.0. The minimum absolute atomic E-state index is 0.0492. The highest BCUT2D eigenvalue weighted by atomic mass is 19.4. The largest absolute Gasteiger partial charge is 0.493 e. The second-order valence-electron chi connectivity index (χ2n) is 7.25. The molecule has 1 fully saturated rings. The second kappa shape index (κ2) is 9.00. The maximum Gasteiger partial charge on any atom is 0.440 e. The summed E-state index contributed by atoms with van der Waals surface area (Å²) in [5, 5.41) is 2.79. The standard InChI is InChI=1S/C21H17F6N3O5/c1-34-14-8-4-6-12(15(14)35-2)10-30-17(32)19(21(25,26)27,29-18(30)33)28-16(31)11-5-3-7-13(9-11)20(22,23)24/h3-9H,10H2,1-2H3,(H,28,31)(H,29,33). The van der Waals surface area contributed by atoms with E-state index in [9.17, 15) is 40.7 Å². The van der Waals surface area contributed by atoms with Gasteiger partial charge in [-0.05, 0) is 24.3 Å². The van der Waals surface area contributed by atoms with Gasteiger partial charge in [0.1, 0.15) is 0 Å². The number of alkyl halides is 6. The maximum atomic E-state index is 14.1. The molecule has 1 atom stereocenters. The predicted molar refractivity (Wildman–Crippen MR) is 106 cm³/mol. The Morgan fingerprint density at radius 1 is 1.03 bits per heavy atom. The van der Waals surface area contributed by atoms with Crippen molar-refractivity contribution in [3.63, 3.8) is 0 Å². The highest BCUT2D eigenvalue weighted by Gasteiger charge is 2.68. The van der Waals surface area contributed by atoms with Crippen molar-refractivity contribution in [3.8, 4) is 11.5 Å². The molecule has 0 bridgehead atoms. The zero-order valence-electron chi connectivity index (χ0n) is 18.0. The van der Waals surface area contributed by atoms with E-state index in [1.165, 1.54) is 43.1 Å². The number of imide groups is 1. The molecule has 1 heterocycles. The van der Waals surface area contributed by atoms with Crippen molar-refractivity contribution in [1.82, 2.24) is 15.5 Å². The Bertz CT molecular complexity index is 1170. The topological polar surface area (TPSA) is 97.0 Å². The number of halogens is 6. The fourth-order valence-electron chi connectivity index (χ4n) is 3.40. The minimum atomic E-state index is -5.55. The molecule has 2 aromatic carbocycles. The zero-order chi connectivity index (χ0) is 26.2. The summed E-state index contributed by atoms with van der Waals surface area (Å²) in [5.74, 6) is -3.33. The fraction of sp³-hybridized carbons (Fsp3) is 0.286. The van der Waals surface area contributed by atoms with E-state index in [0.717, 1.165) is 12.1 Å². The lowest BCUT2D eigenvalue weighted by Gasteiger charge is -2.30. The van der Waals surface area contributed by atoms with Gasteiger partial charge < -0.3 is 14.8 Å². The molecule has 0 aliphatic carbocycles. The lowest BCUT2D eigenvalue weighted by Crippen LogP contribution is -2.69. The van der Waals surface area contributed by atoms with Gasteiger partial charge in [-0.2, -0.15) is 26.3 Å². The Hall–Kier alpha value is -3.97. The van der Waals surface area contributed by atoms with E-state index in [4.69, 9.17) is 9.47 Å². The highest BCUT2D eigenvalue weighted by molar-refractivity contribution is 6.10. The van der Waals surface area contributed by atoms with Crippen molar-refractivity contribution < 1.29 is 50.2 Å². The number of rotatable bonds is 6. The summed E-state index contributed by atoms with van der Waals surface area (Å²) in [6.07, 6.45) is -10.4. The molecular formula is C21H17F6N3O5. The van der Waals surface area contributed by atoms with Crippen LogP contribution in [0.5, 0.6) is 11.5 Å². The Kier molecular flexibility index (Phi) is 6.59. The van der Waals surface area contributed by atoms with E-state index < -0.39 is 53.5 Å². The number of hydrogen-bond donors (Lipinski definition) is 2. The van der Waals surface area contributed by atoms with Crippen molar-refractivity contribution in [2.45, 2.75) is 24.6 Å². The summed E-state index contributed by atoms with van der Waals surface area (Å²) in [6.45, 7) is -0.692. The molecular weight excluding hydrogens is 488 g/mol. The van der Waals surface area contributed by atoms with E-state index in [-0.39, 0.29) is 22.0 Å². The van der Waals surface area contributed by atoms with Crippen molar-refractivity contribution in [2.24, 2.45) is 0 Å². The number of ether oxygens (including phenoxy) is 2. The van der Waals surface area contributed by atoms with Crippen LogP contribution in [0, 0.1) is 0 Å². The maximum absolute atomic E-state index is 14.1. The lowest BCUT2D eigenvalue weighted by atomic mass is 10.1. The van der Waals surface area contributed by atoms with Gasteiger partial charge in [0.05, 0.1) is 26.3 Å². The third-order valence-corrected chi connectivity index (χ3v) is 5.10. The molecule has 0 spiro atoms. The molecule has 14 heteroatoms. The van der Waals surface area contributed by atoms with E-state index >= 15 is 0 Å². The Morgan fingerprint density at radius 3 is 2.26 bits per heavy atom. The molecule has 35 heavy (non-hydrogen) atoms. The number of benzene rings is 2. The number of nitrogens with one attached hydrogen (secondary N) is 2. The van der Waals surface area contributed by atoms with Crippen LogP contribution < -0.4 is 20.1 Å². The first-order valence-electron chi connectivity index (χ1n) is 9.65. The molecule has 0 saturated carbocycles. The molecule has 3 rings (SSSR count). The molecule has 4 amide bonds. The first kappa shape index (κ1) is 25.6. The minimum Gasteiger partial charge on any atom is -0.493 e. The van der Waals surface area contributed by atoms with E-state index in [1.54, 1.807) is 0 Å². The highest BCUT2D eigenvalue weighted by Crippen LogP contribution is 2.37. The third kappa shape index (κ3) is 4.68. The van der Waals surface area contributed by atoms with Crippen LogP contribution in [0.1, 0.15) is 21.5 Å². The molecule has 1 aliphatic heterocycles. The monoisotopic (exact) mass is 505 g/mol. The first-order valence-corrected chi connectivity index (χ1v) is 9.65. The third-order valence-electron chi connectivity index (χ3n) is 5.10. The summed E-state index contributed by atoms with van der Waals surface area (Å²) in [4.78, 5) is 38.0. The number of amides is 4. The van der Waals surface area contributed by atoms with Gasteiger partial charge >= 0.3 is 18.4 Å². The van der Waals surface area contributed by atoms with Gasteiger partial charge in [-0.15, -0.1) is 0 Å². The lowest BCUT2D eigenvalue weighted by molar-refractivity contribution is -0.200. The van der Waals surface area contributed by atoms with Crippen LogP contribution in [0.15, 0.2) is 42.5 Å². The fourth-order valence-corrected chi connectivity index (χ4v) is 3.40. The molecule has 2 aromatic rings. The Labute approximate surface area is 193 Å². The molecule has 1 unspecified atom stereocenters. The summed E-state index contributed by atoms with van der Waals surface area (Å²) >= 11 is 0. The van der Waals surface area contributed by atoms with Crippen LogP contribution in [-0.2, 0) is 17.5 Å². The smallest absolute Gasteiger partial charge is 0.440 e. The quantitative estimate of drug-likeness (QED) is 0.463. The van der Waals surface area contributed by atoms with E-state index in [2.05, 4.69) is 0 Å². The number of urea groups is 1. The van der Waals surface area contributed by atoms with Crippen molar-refractivity contribution >= 4 is 17.8 Å². The van der Waals surface area contributed by atoms with Crippen molar-refractivity contribution in [1.29, 1.82) is 0 Å². The number of para-hydroxylation sites is 1. The average Bonchev–Trinajstić information content (AvgIpc) is 3.03. The number of carbonyl (C=O) groups excluding carboxylic acids is 3. The van der Waals surface area contributed by atoms with E-state index in [0.29, 0.717) is 12.1 Å². The summed E-state index contributed by atoms with van der Waals surface area (Å²) in [5.41, 5.74) is -5.91. The number of carbonyl (C=O) groups is 3. The van der Waals surface area contributed by atoms with Crippen LogP contribution in [0.2, 0.25) is 0 Å². The molecule has 0 aromatic heterocycles. The van der Waals surface area contributed by atoms with Gasteiger partial charge in [-0.3, -0.25) is 19.8 Å². The first-order chi connectivity index (χ1) is 16.2. The van der Waals surface area contributed by atoms with Gasteiger partial charge in [0.25, 0.3) is 17.5 Å². The average molecular weight is 505 g/mol. The van der Waals surface area contributed by atoms with Gasteiger partial charge in [-0.1, -0.05) is 18.2 Å². The van der Waals surface area contributed by atoms with Crippen LogP contribution >= 0.6 is 0 Å². The Morgan fingerprint density at radius 2 is 1.69 bits per heavy atom. The molecule has 1 aliphatic rings. The number of hydrogen-bond acceptors (Lipinski definition) is 5. The van der Waals surface area contributed by atoms with Gasteiger partial charge in [-0.25, -0.2) is 4.79 Å². The van der Waals surface area contributed by atoms with Crippen LogP contribution in [0.4, 0.5) is 31.1 Å². The van der Waals surface area contributed by atoms with Gasteiger partial charge in [0, 0.05) is 11.1 Å². The summed E-state index contributed by atoms with van der Waals surface area (Å²) in [6, 6.07) is 5.37. The van der Waals surface area contributed by atoms with Gasteiger partial charge in [0.15, 0.2) is 11.5 Å². The van der Waals surface area contributed by atoms with E-state index in [1.807, 2.05) is 0 Å². The number of methoxy groups -OCH3 is 2. The van der Waals surface area contributed by atoms with Crippen LogP contribution in [0.25, 0.3) is 0 Å². The predicted octanol–water partition coefficient (Wildman–Crippen LogP) is 3.46. The van der Waals surface area contributed by atoms with Crippen molar-refractivity contribution in [2.75, 3.05) is 14.2 Å². The molecule has 2 N–H and O–H groups in total.